The molecular weight excluding hydrogens is 490 g/mol. The van der Waals surface area contributed by atoms with Gasteiger partial charge in [-0.05, 0) is 45.3 Å². The Morgan fingerprint density at radius 1 is 0.486 bits per heavy atom. The van der Waals surface area contributed by atoms with E-state index in [0.29, 0.717) is 0 Å². The van der Waals surface area contributed by atoms with Gasteiger partial charge in [-0.25, -0.2) is 0 Å². The first kappa shape index (κ1) is 34.7. The number of hydrogen-bond acceptors (Lipinski definition) is 1. The standard InChI is InChI=1S/C33H61N.BrH/c1-5-7-9-11-13-15-17-19-21-26-30-34(33(3,4)32-28-24-23-25-29-32)31-27-22-20-18-16-14-12-10-8-6-2;/h23-25,28-29H,5-22,26-27,30-31H2,1-4H3;1H. The highest BCUT2D eigenvalue weighted by Gasteiger charge is 2.27. The van der Waals surface area contributed by atoms with E-state index in [0.717, 1.165) is 0 Å². The minimum absolute atomic E-state index is 0. The Morgan fingerprint density at radius 2 is 0.800 bits per heavy atom. The third-order valence-corrected chi connectivity index (χ3v) is 7.83. The van der Waals surface area contributed by atoms with Crippen molar-refractivity contribution in [3.8, 4) is 0 Å². The number of unbranched alkanes of at least 4 members (excludes halogenated alkanes) is 18. The van der Waals surface area contributed by atoms with Crippen LogP contribution in [0.3, 0.4) is 0 Å². The Morgan fingerprint density at radius 3 is 1.14 bits per heavy atom. The molecule has 1 aromatic rings. The fourth-order valence-corrected chi connectivity index (χ4v) is 5.28. The van der Waals surface area contributed by atoms with Crippen LogP contribution in [-0.2, 0) is 5.54 Å². The second-order valence-corrected chi connectivity index (χ2v) is 11.3. The lowest BCUT2D eigenvalue weighted by molar-refractivity contribution is 0.113. The predicted molar refractivity (Wildman–Crippen MR) is 165 cm³/mol. The molecule has 0 aliphatic rings. The number of benzene rings is 1. The summed E-state index contributed by atoms with van der Waals surface area (Å²) in [6, 6.07) is 11.2. The normalized spacial score (nSPS) is 11.7. The van der Waals surface area contributed by atoms with Gasteiger partial charge in [-0.2, -0.15) is 0 Å². The molecule has 0 atom stereocenters. The first-order valence-electron chi connectivity index (χ1n) is 15.4. The molecule has 206 valence electrons. The molecule has 0 spiro atoms. The maximum Gasteiger partial charge on any atom is 0.0404 e. The summed E-state index contributed by atoms with van der Waals surface area (Å²) < 4.78 is 0. The van der Waals surface area contributed by atoms with Crippen molar-refractivity contribution >= 4 is 17.0 Å². The van der Waals surface area contributed by atoms with Gasteiger partial charge in [0, 0.05) is 5.54 Å². The molecule has 0 N–H and O–H groups in total. The lowest BCUT2D eigenvalue weighted by Crippen LogP contribution is -2.42. The van der Waals surface area contributed by atoms with Crippen LogP contribution in [0.2, 0.25) is 0 Å². The fourth-order valence-electron chi connectivity index (χ4n) is 5.28. The van der Waals surface area contributed by atoms with E-state index in [2.05, 4.69) is 62.9 Å². The van der Waals surface area contributed by atoms with E-state index in [4.69, 9.17) is 0 Å². The lowest BCUT2D eigenvalue weighted by Gasteiger charge is -2.39. The van der Waals surface area contributed by atoms with Crippen LogP contribution in [0.25, 0.3) is 0 Å². The maximum atomic E-state index is 2.79. The molecule has 0 fully saturated rings. The largest absolute Gasteiger partial charge is 0.294 e. The number of hydrogen-bond donors (Lipinski definition) is 0. The van der Waals surface area contributed by atoms with Crippen LogP contribution in [-0.4, -0.2) is 18.0 Å². The molecular formula is C33H62BrN. The fraction of sp³-hybridized carbons (Fsp3) is 0.818. The Bertz CT molecular complexity index is 517. The summed E-state index contributed by atoms with van der Waals surface area (Å²) in [5, 5.41) is 0. The molecule has 0 heterocycles. The Balaban J connectivity index is 0.0000116. The number of halogens is 1. The molecule has 0 bridgehead atoms. The summed E-state index contributed by atoms with van der Waals surface area (Å²) in [5.41, 5.74) is 1.59. The zero-order valence-corrected chi connectivity index (χ0v) is 26.0. The van der Waals surface area contributed by atoms with Gasteiger partial charge in [0.05, 0.1) is 0 Å². The van der Waals surface area contributed by atoms with Gasteiger partial charge < -0.3 is 0 Å². The average molecular weight is 553 g/mol. The van der Waals surface area contributed by atoms with Crippen LogP contribution >= 0.6 is 17.0 Å². The molecule has 0 radical (unpaired) electrons. The van der Waals surface area contributed by atoms with Crippen molar-refractivity contribution in [1.82, 2.24) is 4.90 Å². The van der Waals surface area contributed by atoms with E-state index in [9.17, 15) is 0 Å². The summed E-state index contributed by atoms with van der Waals surface area (Å²) in [6.45, 7) is 12.0. The van der Waals surface area contributed by atoms with E-state index in [1.807, 2.05) is 0 Å². The summed E-state index contributed by atoms with van der Waals surface area (Å²) in [6.07, 6.45) is 28.4. The highest BCUT2D eigenvalue weighted by atomic mass is 79.9. The van der Waals surface area contributed by atoms with Crippen LogP contribution in [0.15, 0.2) is 30.3 Å². The third kappa shape index (κ3) is 17.7. The smallest absolute Gasteiger partial charge is 0.0404 e. The van der Waals surface area contributed by atoms with Crippen LogP contribution in [0.4, 0.5) is 0 Å². The molecule has 0 amide bonds. The lowest BCUT2D eigenvalue weighted by atomic mass is 9.91. The minimum Gasteiger partial charge on any atom is -0.294 e. The van der Waals surface area contributed by atoms with E-state index >= 15 is 0 Å². The van der Waals surface area contributed by atoms with Gasteiger partial charge in [-0.3, -0.25) is 4.90 Å². The summed E-state index contributed by atoms with van der Waals surface area (Å²) >= 11 is 0. The minimum atomic E-state index is 0. The van der Waals surface area contributed by atoms with Gasteiger partial charge in [0.25, 0.3) is 0 Å². The van der Waals surface area contributed by atoms with Crippen molar-refractivity contribution in [2.24, 2.45) is 0 Å². The van der Waals surface area contributed by atoms with E-state index in [-0.39, 0.29) is 22.5 Å². The van der Waals surface area contributed by atoms with Crippen molar-refractivity contribution in [1.29, 1.82) is 0 Å². The first-order valence-corrected chi connectivity index (χ1v) is 15.4. The zero-order valence-electron chi connectivity index (χ0n) is 24.3. The van der Waals surface area contributed by atoms with Crippen LogP contribution in [0.1, 0.15) is 162 Å². The predicted octanol–water partition coefficient (Wildman–Crippen LogP) is 11.6. The van der Waals surface area contributed by atoms with E-state index in [1.165, 1.54) is 147 Å². The molecule has 0 unspecified atom stereocenters. The average Bonchev–Trinajstić information content (AvgIpc) is 2.85. The van der Waals surface area contributed by atoms with Crippen molar-refractivity contribution in [2.45, 2.75) is 162 Å². The van der Waals surface area contributed by atoms with Gasteiger partial charge >= 0.3 is 0 Å². The maximum absolute atomic E-state index is 2.79. The van der Waals surface area contributed by atoms with Gasteiger partial charge in [0.1, 0.15) is 0 Å². The number of rotatable bonds is 24. The highest BCUT2D eigenvalue weighted by molar-refractivity contribution is 8.93. The van der Waals surface area contributed by atoms with Gasteiger partial charge in [0.15, 0.2) is 0 Å². The van der Waals surface area contributed by atoms with Crippen molar-refractivity contribution in [3.63, 3.8) is 0 Å². The molecule has 1 aromatic carbocycles. The topological polar surface area (TPSA) is 3.24 Å². The summed E-state index contributed by atoms with van der Waals surface area (Å²) in [5.74, 6) is 0. The van der Waals surface area contributed by atoms with Crippen LogP contribution in [0.5, 0.6) is 0 Å². The van der Waals surface area contributed by atoms with E-state index in [1.54, 1.807) is 0 Å². The molecule has 0 aromatic heterocycles. The first-order chi connectivity index (χ1) is 16.6. The Hall–Kier alpha value is -0.340. The summed E-state index contributed by atoms with van der Waals surface area (Å²) in [7, 11) is 0. The molecule has 2 heteroatoms. The second-order valence-electron chi connectivity index (χ2n) is 11.3. The monoisotopic (exact) mass is 551 g/mol. The quantitative estimate of drug-likeness (QED) is 0.115. The van der Waals surface area contributed by atoms with Crippen molar-refractivity contribution in [3.05, 3.63) is 35.9 Å². The van der Waals surface area contributed by atoms with Gasteiger partial charge in [-0.15, -0.1) is 17.0 Å². The third-order valence-electron chi connectivity index (χ3n) is 7.83. The molecule has 1 nitrogen and oxygen atoms in total. The molecule has 0 aliphatic heterocycles. The zero-order chi connectivity index (χ0) is 24.7. The molecule has 0 aliphatic carbocycles. The second kappa shape index (κ2) is 24.0. The number of nitrogens with zero attached hydrogens (tertiary/aromatic N) is 1. The van der Waals surface area contributed by atoms with Gasteiger partial charge in [0.2, 0.25) is 0 Å². The van der Waals surface area contributed by atoms with Crippen LogP contribution in [0, 0.1) is 0 Å². The Kier molecular flexibility index (Phi) is 23.8. The molecule has 0 saturated heterocycles. The SMILES string of the molecule is Br.CCCCCCCCCCCCN(CCCCCCCCCCCC)C(C)(C)c1ccccc1. The van der Waals surface area contributed by atoms with Gasteiger partial charge in [-0.1, -0.05) is 160 Å². The molecule has 35 heavy (non-hydrogen) atoms. The van der Waals surface area contributed by atoms with Crippen molar-refractivity contribution in [2.75, 3.05) is 13.1 Å². The summed E-state index contributed by atoms with van der Waals surface area (Å²) in [4.78, 5) is 2.79. The molecule has 1 rings (SSSR count). The van der Waals surface area contributed by atoms with Crippen molar-refractivity contribution < 1.29 is 0 Å². The Labute approximate surface area is 232 Å². The highest BCUT2D eigenvalue weighted by Crippen LogP contribution is 2.29. The van der Waals surface area contributed by atoms with Crippen LogP contribution < -0.4 is 0 Å². The van der Waals surface area contributed by atoms with E-state index < -0.39 is 0 Å². The molecule has 0 saturated carbocycles.